The van der Waals surface area contributed by atoms with Crippen molar-refractivity contribution in [3.8, 4) is 11.5 Å². The summed E-state index contributed by atoms with van der Waals surface area (Å²) in [4.78, 5) is 76.4. The summed E-state index contributed by atoms with van der Waals surface area (Å²) in [6.07, 6.45) is 5.60. The van der Waals surface area contributed by atoms with Crippen LogP contribution in [-0.2, 0) is 148 Å². The molecule has 0 aliphatic heterocycles. The van der Waals surface area contributed by atoms with E-state index >= 15 is 0 Å². The summed E-state index contributed by atoms with van der Waals surface area (Å²) in [5.41, 5.74) is 11.4. The maximum atomic E-state index is 12.9. The fourth-order valence-electron chi connectivity index (χ4n) is 9.93. The summed E-state index contributed by atoms with van der Waals surface area (Å²) < 4.78 is 42.3. The molecule has 0 radical (unpaired) electrons. The molecule has 13 nitrogen and oxygen atoms in total. The van der Waals surface area contributed by atoms with Gasteiger partial charge in [0.25, 0.3) is 0 Å². The summed E-state index contributed by atoms with van der Waals surface area (Å²) >= 11 is 0. The molecule has 0 N–H and O–H groups in total. The number of hydrogen-bond donors (Lipinski definition) is 0. The number of ether oxygens (including phenoxy) is 7. The van der Waals surface area contributed by atoms with Gasteiger partial charge in [-0.25, -0.2) is 0 Å². The lowest BCUT2D eigenvalue weighted by atomic mass is 9.78. The first-order valence-corrected chi connectivity index (χ1v) is 23.7. The minimum Gasteiger partial charge on any atom is -0.461 e. The lowest BCUT2D eigenvalue weighted by Crippen LogP contribution is -2.18. The number of aryl methyl sites for hydroxylation is 4. The summed E-state index contributed by atoms with van der Waals surface area (Å²) in [5.74, 6) is -2.79. The monoisotopic (exact) mass is 926 g/mol. The predicted octanol–water partition coefficient (Wildman–Crippen LogP) is 10.7. The highest BCUT2D eigenvalue weighted by atomic mass is 16.6. The van der Waals surface area contributed by atoms with Crippen molar-refractivity contribution in [1.82, 2.24) is 0 Å². The van der Waals surface area contributed by atoms with Crippen LogP contribution in [0.2, 0.25) is 0 Å². The Labute approximate surface area is 395 Å². The first-order chi connectivity index (χ1) is 31.9. The van der Waals surface area contributed by atoms with E-state index in [0.717, 1.165) is 42.2 Å². The smallest absolute Gasteiger partial charge is 0.302 e. The number of carbonyl (C=O) groups is 6. The third-order valence-corrected chi connectivity index (χ3v) is 12.5. The maximum Gasteiger partial charge on any atom is 0.302 e. The van der Waals surface area contributed by atoms with Gasteiger partial charge in [-0.2, -0.15) is 0 Å². The Morgan fingerprint density at radius 3 is 0.836 bits per heavy atom. The molecule has 0 atom stereocenters. The van der Waals surface area contributed by atoms with Crippen molar-refractivity contribution in [3.05, 3.63) is 77.9 Å². The number of hydrogen-bond acceptors (Lipinski definition) is 13. The Hall–Kier alpha value is -5.98. The quantitative estimate of drug-likeness (QED) is 0.0540. The van der Waals surface area contributed by atoms with Crippen molar-refractivity contribution < 1.29 is 61.9 Å². The van der Waals surface area contributed by atoms with Crippen molar-refractivity contribution in [1.29, 1.82) is 0 Å². The van der Waals surface area contributed by atoms with Crippen LogP contribution >= 0.6 is 0 Å². The highest BCUT2D eigenvalue weighted by molar-refractivity contribution is 6.01. The highest BCUT2D eigenvalue weighted by Crippen LogP contribution is 2.50. The normalized spacial score (nSPS) is 11.1. The van der Waals surface area contributed by atoms with Crippen LogP contribution in [0.3, 0.4) is 0 Å². The van der Waals surface area contributed by atoms with Gasteiger partial charge in [-0.1, -0.05) is 55.4 Å². The van der Waals surface area contributed by atoms with Crippen molar-refractivity contribution in [2.45, 2.75) is 188 Å². The standard InChI is InChI=1S/C54H70O13/c1-15-35-36(16-2)39(19-5)50-42(22-8)53(41(21-7)40(20-6)49(50)38(35)18-4)67-54-47(27-65-33(13)59)46(26-64-32(12)58)51-45(25-63-31(11)57)43(23-61-29(9)55)37(17-3)44(24-62-30(10)56)52(51)48(54)28-66-34(14)60/h15-28H2,1-14H3. The fourth-order valence-corrected chi connectivity index (χ4v) is 9.93. The summed E-state index contributed by atoms with van der Waals surface area (Å²) in [6.45, 7) is 22.7. The number of benzene rings is 4. The van der Waals surface area contributed by atoms with E-state index in [0.29, 0.717) is 81.1 Å². The van der Waals surface area contributed by atoms with Crippen LogP contribution in [0, 0.1) is 0 Å². The van der Waals surface area contributed by atoms with Crippen LogP contribution in [0.4, 0.5) is 0 Å². The molecule has 4 rings (SSSR count). The largest absolute Gasteiger partial charge is 0.461 e. The molecule has 0 bridgehead atoms. The average Bonchev–Trinajstić information content (AvgIpc) is 3.28. The molecular weight excluding hydrogens is 857 g/mol. The van der Waals surface area contributed by atoms with Gasteiger partial charge in [0.05, 0.1) is 0 Å². The number of esters is 6. The number of carbonyl (C=O) groups excluding carboxylic acids is 6. The molecule has 0 fully saturated rings. The summed E-state index contributed by atoms with van der Waals surface area (Å²) in [6, 6.07) is 0. The van der Waals surface area contributed by atoms with E-state index in [1.54, 1.807) is 0 Å². The second kappa shape index (κ2) is 24.2. The molecule has 0 unspecified atom stereocenters. The molecule has 0 aromatic heterocycles. The highest BCUT2D eigenvalue weighted by Gasteiger charge is 2.33. The van der Waals surface area contributed by atoms with Crippen LogP contribution in [0.5, 0.6) is 11.5 Å². The van der Waals surface area contributed by atoms with Gasteiger partial charge in [-0.3, -0.25) is 28.8 Å². The van der Waals surface area contributed by atoms with Crippen molar-refractivity contribution in [2.75, 3.05) is 0 Å². The third-order valence-electron chi connectivity index (χ3n) is 12.5. The second-order valence-electron chi connectivity index (χ2n) is 16.5. The summed E-state index contributed by atoms with van der Waals surface area (Å²) in [7, 11) is 0. The molecule has 4 aromatic rings. The van der Waals surface area contributed by atoms with Gasteiger partial charge in [0, 0.05) is 80.5 Å². The Balaban J connectivity index is 2.54. The maximum absolute atomic E-state index is 12.9. The van der Waals surface area contributed by atoms with E-state index in [1.165, 1.54) is 74.7 Å². The van der Waals surface area contributed by atoms with Crippen LogP contribution in [0.1, 0.15) is 175 Å². The van der Waals surface area contributed by atoms with Crippen molar-refractivity contribution >= 4 is 57.4 Å². The van der Waals surface area contributed by atoms with Crippen molar-refractivity contribution in [2.24, 2.45) is 0 Å². The molecule has 0 aliphatic rings. The zero-order valence-corrected chi connectivity index (χ0v) is 42.2. The van der Waals surface area contributed by atoms with E-state index < -0.39 is 35.8 Å². The minimum absolute atomic E-state index is 0.190. The summed E-state index contributed by atoms with van der Waals surface area (Å²) in [5, 5.41) is 3.19. The second-order valence-corrected chi connectivity index (χ2v) is 16.5. The Morgan fingerprint density at radius 1 is 0.254 bits per heavy atom. The molecule has 4 aromatic carbocycles. The lowest BCUT2D eigenvalue weighted by molar-refractivity contribution is -0.144. The van der Waals surface area contributed by atoms with E-state index in [1.807, 2.05) is 6.92 Å². The molecule has 0 spiro atoms. The Kier molecular flexibility index (Phi) is 19.3. The molecular formula is C54H70O13. The van der Waals surface area contributed by atoms with Crippen LogP contribution in [0.15, 0.2) is 0 Å². The van der Waals surface area contributed by atoms with Gasteiger partial charge in [-0.05, 0) is 112 Å². The van der Waals surface area contributed by atoms with E-state index in [-0.39, 0.29) is 45.4 Å². The van der Waals surface area contributed by atoms with E-state index in [9.17, 15) is 28.8 Å². The molecule has 0 saturated carbocycles. The van der Waals surface area contributed by atoms with Gasteiger partial charge in [0.15, 0.2) is 0 Å². The van der Waals surface area contributed by atoms with Gasteiger partial charge < -0.3 is 33.2 Å². The molecule has 13 heteroatoms. The molecule has 67 heavy (non-hydrogen) atoms. The first-order valence-electron chi connectivity index (χ1n) is 23.7. The van der Waals surface area contributed by atoms with E-state index in [4.69, 9.17) is 33.2 Å². The zero-order valence-electron chi connectivity index (χ0n) is 42.2. The van der Waals surface area contributed by atoms with Gasteiger partial charge in [0.1, 0.15) is 51.1 Å². The minimum atomic E-state index is -0.620. The zero-order chi connectivity index (χ0) is 49.9. The topological polar surface area (TPSA) is 167 Å². The number of fused-ring (bicyclic) bond motifs is 2. The average molecular weight is 927 g/mol. The molecule has 0 aliphatic carbocycles. The SMILES string of the molecule is CCc1c(CC)c(CC)c2c(CC)c(Oc3c(COC(C)=O)c(COC(C)=O)c4c(COC(C)=O)c(COC(C)=O)c(CC)c(COC(C)=O)c4c3COC(C)=O)c(CC)c(CC)c2c1CC. The van der Waals surface area contributed by atoms with Crippen LogP contribution in [-0.4, -0.2) is 35.8 Å². The van der Waals surface area contributed by atoms with Crippen molar-refractivity contribution in [3.63, 3.8) is 0 Å². The third kappa shape index (κ3) is 11.6. The Morgan fingerprint density at radius 2 is 0.478 bits per heavy atom. The molecule has 0 heterocycles. The Bertz CT molecular complexity index is 2560. The first kappa shape index (κ1) is 53.6. The van der Waals surface area contributed by atoms with Gasteiger partial charge in [-0.15, -0.1) is 0 Å². The molecule has 364 valence electrons. The predicted molar refractivity (Wildman–Crippen MR) is 256 cm³/mol. The van der Waals surface area contributed by atoms with Crippen LogP contribution in [0.25, 0.3) is 21.5 Å². The molecule has 0 amide bonds. The lowest BCUT2D eigenvalue weighted by Gasteiger charge is -2.31. The number of rotatable bonds is 22. The molecule has 0 saturated heterocycles. The fraction of sp³-hybridized carbons (Fsp3) is 0.519. The van der Waals surface area contributed by atoms with Crippen LogP contribution < -0.4 is 4.74 Å². The van der Waals surface area contributed by atoms with Gasteiger partial charge in [0.2, 0.25) is 0 Å². The van der Waals surface area contributed by atoms with Gasteiger partial charge >= 0.3 is 35.8 Å². The van der Waals surface area contributed by atoms with E-state index in [2.05, 4.69) is 48.5 Å².